The van der Waals surface area contributed by atoms with E-state index in [4.69, 9.17) is 11.6 Å². The Kier molecular flexibility index (Phi) is 7.55. The van der Waals surface area contributed by atoms with Crippen molar-refractivity contribution in [2.75, 3.05) is 18.4 Å². The molecule has 0 spiro atoms. The topological polar surface area (TPSA) is 96.0 Å². The molecule has 1 heterocycles. The lowest BCUT2D eigenvalue weighted by atomic mass is 10.0. The number of aromatic nitrogens is 2. The summed E-state index contributed by atoms with van der Waals surface area (Å²) < 4.78 is 0. The van der Waals surface area contributed by atoms with Crippen molar-refractivity contribution in [2.45, 2.75) is 26.8 Å². The molecular weight excluding hydrogens is 366 g/mol. The molecule has 0 aliphatic carbocycles. The lowest BCUT2D eigenvalue weighted by Gasteiger charge is -2.22. The molecule has 1 atom stereocenters. The Morgan fingerprint density at radius 1 is 1.04 bits per heavy atom. The van der Waals surface area contributed by atoms with Crippen LogP contribution >= 0.6 is 11.6 Å². The van der Waals surface area contributed by atoms with E-state index in [1.165, 1.54) is 0 Å². The minimum atomic E-state index is -0.632. The molecular formula is C19H24ClN5O2. The predicted octanol–water partition coefficient (Wildman–Crippen LogP) is 2.42. The summed E-state index contributed by atoms with van der Waals surface area (Å²) in [4.78, 5) is 24.8. The number of carbonyl (C=O) groups is 2. The summed E-state index contributed by atoms with van der Waals surface area (Å²) in [5, 5.41) is 17.2. The van der Waals surface area contributed by atoms with Gasteiger partial charge >= 0.3 is 0 Å². The monoisotopic (exact) mass is 389 g/mol. The second-order valence-corrected chi connectivity index (χ2v) is 6.92. The highest BCUT2D eigenvalue weighted by Gasteiger charge is 2.24. The second kappa shape index (κ2) is 9.87. The van der Waals surface area contributed by atoms with Crippen LogP contribution in [0.3, 0.4) is 0 Å². The highest BCUT2D eigenvalue weighted by Crippen LogP contribution is 2.10. The zero-order valence-corrected chi connectivity index (χ0v) is 16.4. The molecule has 0 saturated heterocycles. The summed E-state index contributed by atoms with van der Waals surface area (Å²) in [5.41, 5.74) is 1.29. The summed E-state index contributed by atoms with van der Waals surface area (Å²) in [6.07, 6.45) is 0. The number of nitrogens with one attached hydrogen (secondary N) is 3. The molecule has 0 aliphatic heterocycles. The number of carbonyl (C=O) groups excluding carboxylic acids is 2. The molecule has 3 N–H and O–H groups in total. The van der Waals surface area contributed by atoms with Gasteiger partial charge in [0.25, 0.3) is 5.91 Å². The molecule has 0 aliphatic rings. The van der Waals surface area contributed by atoms with E-state index in [1.54, 1.807) is 24.3 Å². The Labute approximate surface area is 163 Å². The first-order valence-electron chi connectivity index (χ1n) is 8.75. The van der Waals surface area contributed by atoms with Gasteiger partial charge in [-0.2, -0.15) is 5.10 Å². The zero-order valence-electron chi connectivity index (χ0n) is 15.6. The van der Waals surface area contributed by atoms with E-state index in [-0.39, 0.29) is 17.7 Å². The molecule has 27 heavy (non-hydrogen) atoms. The highest BCUT2D eigenvalue weighted by atomic mass is 35.5. The number of amides is 2. The molecule has 0 bridgehead atoms. The first-order valence-corrected chi connectivity index (χ1v) is 9.13. The van der Waals surface area contributed by atoms with Gasteiger partial charge in [0.1, 0.15) is 11.9 Å². The van der Waals surface area contributed by atoms with Gasteiger partial charge in [-0.25, -0.2) is 0 Å². The highest BCUT2D eigenvalue weighted by molar-refractivity contribution is 6.30. The van der Waals surface area contributed by atoms with Crippen molar-refractivity contribution in [3.8, 4) is 0 Å². The third kappa shape index (κ3) is 6.53. The van der Waals surface area contributed by atoms with Crippen LogP contribution in [0.4, 0.5) is 5.82 Å². The van der Waals surface area contributed by atoms with Crippen molar-refractivity contribution >= 4 is 29.2 Å². The van der Waals surface area contributed by atoms with E-state index < -0.39 is 6.04 Å². The van der Waals surface area contributed by atoms with Crippen molar-refractivity contribution in [1.82, 2.24) is 20.8 Å². The number of nitrogens with zero attached hydrogens (tertiary/aromatic N) is 2. The first kappa shape index (κ1) is 20.6. The quantitative estimate of drug-likeness (QED) is 0.602. The Balaban J connectivity index is 1.84. The lowest BCUT2D eigenvalue weighted by molar-refractivity contribution is -0.123. The van der Waals surface area contributed by atoms with Crippen LogP contribution < -0.4 is 16.0 Å². The number of hydrogen-bond acceptors (Lipinski definition) is 5. The zero-order chi connectivity index (χ0) is 19.8. The standard InChI is InChI=1S/C19H24ClN5O2/c1-12(2)17(23-18(26)14-5-7-15(20)8-6-14)19(27)22-11-10-21-16-9-4-13(3)24-25-16/h4-9,12,17H,10-11H2,1-3H3,(H,21,25)(H,22,27)(H,23,26). The van der Waals surface area contributed by atoms with Gasteiger partial charge in [0.15, 0.2) is 0 Å². The van der Waals surface area contributed by atoms with Crippen LogP contribution in [0.5, 0.6) is 0 Å². The average molecular weight is 390 g/mol. The molecule has 7 nitrogen and oxygen atoms in total. The molecule has 0 fully saturated rings. The van der Waals surface area contributed by atoms with Crippen LogP contribution in [0.25, 0.3) is 0 Å². The third-order valence-corrected chi connectivity index (χ3v) is 4.12. The Morgan fingerprint density at radius 3 is 2.33 bits per heavy atom. The lowest BCUT2D eigenvalue weighted by Crippen LogP contribution is -2.50. The molecule has 1 aromatic heterocycles. The van der Waals surface area contributed by atoms with Crippen LogP contribution in [-0.4, -0.2) is 41.1 Å². The third-order valence-electron chi connectivity index (χ3n) is 3.87. The van der Waals surface area contributed by atoms with Crippen molar-refractivity contribution in [3.05, 3.63) is 52.7 Å². The molecule has 1 unspecified atom stereocenters. The molecule has 2 amide bonds. The average Bonchev–Trinajstić information content (AvgIpc) is 2.64. The molecule has 8 heteroatoms. The molecule has 0 saturated carbocycles. The van der Waals surface area contributed by atoms with Crippen molar-refractivity contribution in [2.24, 2.45) is 5.92 Å². The number of halogens is 1. The number of hydrogen-bond donors (Lipinski definition) is 3. The minimum Gasteiger partial charge on any atom is -0.367 e. The van der Waals surface area contributed by atoms with Gasteiger partial charge in [0, 0.05) is 23.7 Å². The maximum absolute atomic E-state index is 12.5. The van der Waals surface area contributed by atoms with Crippen molar-refractivity contribution < 1.29 is 9.59 Å². The maximum Gasteiger partial charge on any atom is 0.251 e. The van der Waals surface area contributed by atoms with Crippen LogP contribution in [0.15, 0.2) is 36.4 Å². The molecule has 2 rings (SSSR count). The first-order chi connectivity index (χ1) is 12.9. The van der Waals surface area contributed by atoms with Crippen LogP contribution in [0.1, 0.15) is 29.9 Å². The number of rotatable bonds is 8. The van der Waals surface area contributed by atoms with Gasteiger partial charge in [0.05, 0.1) is 5.69 Å². The fraction of sp³-hybridized carbons (Fsp3) is 0.368. The van der Waals surface area contributed by atoms with Gasteiger partial charge in [-0.3, -0.25) is 9.59 Å². The fourth-order valence-electron chi connectivity index (χ4n) is 2.34. The number of benzene rings is 1. The second-order valence-electron chi connectivity index (χ2n) is 6.48. The summed E-state index contributed by atoms with van der Waals surface area (Å²) in [7, 11) is 0. The van der Waals surface area contributed by atoms with Gasteiger partial charge in [-0.1, -0.05) is 25.4 Å². The summed E-state index contributed by atoms with van der Waals surface area (Å²) >= 11 is 5.84. The van der Waals surface area contributed by atoms with Gasteiger partial charge in [-0.15, -0.1) is 5.10 Å². The number of anilines is 1. The largest absolute Gasteiger partial charge is 0.367 e. The molecule has 144 valence electrons. The van der Waals surface area contributed by atoms with E-state index in [2.05, 4.69) is 26.1 Å². The van der Waals surface area contributed by atoms with E-state index in [9.17, 15) is 9.59 Å². The van der Waals surface area contributed by atoms with Crippen molar-refractivity contribution in [3.63, 3.8) is 0 Å². The normalized spacial score (nSPS) is 11.7. The predicted molar refractivity (Wildman–Crippen MR) is 106 cm³/mol. The molecule has 2 aromatic rings. The van der Waals surface area contributed by atoms with Gasteiger partial charge in [0.2, 0.25) is 5.91 Å². The van der Waals surface area contributed by atoms with Crippen LogP contribution in [-0.2, 0) is 4.79 Å². The SMILES string of the molecule is Cc1ccc(NCCNC(=O)C(NC(=O)c2ccc(Cl)cc2)C(C)C)nn1. The Morgan fingerprint density at radius 2 is 1.74 bits per heavy atom. The summed E-state index contributed by atoms with van der Waals surface area (Å²) in [6, 6.07) is 9.58. The van der Waals surface area contributed by atoms with E-state index >= 15 is 0 Å². The molecule has 0 radical (unpaired) electrons. The van der Waals surface area contributed by atoms with Crippen LogP contribution in [0, 0.1) is 12.8 Å². The minimum absolute atomic E-state index is 0.0582. The van der Waals surface area contributed by atoms with Gasteiger partial charge < -0.3 is 16.0 Å². The van der Waals surface area contributed by atoms with E-state index in [0.29, 0.717) is 29.5 Å². The summed E-state index contributed by atoms with van der Waals surface area (Å²) in [6.45, 7) is 6.52. The van der Waals surface area contributed by atoms with E-state index in [0.717, 1.165) is 5.69 Å². The molecule has 1 aromatic carbocycles. The maximum atomic E-state index is 12.5. The Hall–Kier alpha value is -2.67. The Bertz CT molecular complexity index is 763. The number of aryl methyl sites for hydroxylation is 1. The van der Waals surface area contributed by atoms with Gasteiger partial charge in [-0.05, 0) is 49.2 Å². The fourth-order valence-corrected chi connectivity index (χ4v) is 2.47. The smallest absolute Gasteiger partial charge is 0.251 e. The van der Waals surface area contributed by atoms with Crippen LogP contribution in [0.2, 0.25) is 5.02 Å². The van der Waals surface area contributed by atoms with E-state index in [1.807, 2.05) is 32.9 Å². The summed E-state index contributed by atoms with van der Waals surface area (Å²) in [5.74, 6) is 0.0427. The van der Waals surface area contributed by atoms with Crippen molar-refractivity contribution in [1.29, 1.82) is 0 Å².